The molecule has 1 aliphatic rings. The zero-order valence-corrected chi connectivity index (χ0v) is 17.6. The summed E-state index contributed by atoms with van der Waals surface area (Å²) in [6.07, 6.45) is 0. The Bertz CT molecular complexity index is 805. The SMILES string of the molecule is COc1ccc(N2CCN(C(=O)COC(=O)[C@@H](C)Sc3ccccc3)CC2)cc1. The summed E-state index contributed by atoms with van der Waals surface area (Å²) >= 11 is 1.42. The minimum Gasteiger partial charge on any atom is -0.497 e. The summed E-state index contributed by atoms with van der Waals surface area (Å²) in [7, 11) is 1.65. The molecule has 0 saturated carbocycles. The zero-order valence-electron chi connectivity index (χ0n) is 16.7. The average molecular weight is 415 g/mol. The van der Waals surface area contributed by atoms with Gasteiger partial charge in [0.15, 0.2) is 6.61 Å². The summed E-state index contributed by atoms with van der Waals surface area (Å²) in [5.74, 6) is 0.303. The van der Waals surface area contributed by atoms with Crippen LogP contribution in [0.2, 0.25) is 0 Å². The number of hydrogen-bond acceptors (Lipinski definition) is 6. The first-order valence-electron chi connectivity index (χ1n) is 9.62. The highest BCUT2D eigenvalue weighted by atomic mass is 32.2. The molecule has 3 rings (SSSR count). The monoisotopic (exact) mass is 414 g/mol. The molecular formula is C22H26N2O4S. The van der Waals surface area contributed by atoms with Crippen molar-refractivity contribution in [1.29, 1.82) is 0 Å². The number of piperazine rings is 1. The second kappa shape index (κ2) is 10.2. The van der Waals surface area contributed by atoms with Gasteiger partial charge in [0.05, 0.1) is 7.11 Å². The summed E-state index contributed by atoms with van der Waals surface area (Å²) in [6, 6.07) is 17.6. The summed E-state index contributed by atoms with van der Waals surface area (Å²) in [4.78, 5) is 29.6. The zero-order chi connectivity index (χ0) is 20.6. The summed E-state index contributed by atoms with van der Waals surface area (Å²) in [6.45, 7) is 4.28. The fourth-order valence-corrected chi connectivity index (χ4v) is 3.99. The molecule has 1 fully saturated rings. The van der Waals surface area contributed by atoms with Crippen LogP contribution >= 0.6 is 11.8 Å². The molecule has 6 nitrogen and oxygen atoms in total. The van der Waals surface area contributed by atoms with Crippen LogP contribution < -0.4 is 9.64 Å². The number of hydrogen-bond donors (Lipinski definition) is 0. The van der Waals surface area contributed by atoms with E-state index in [0.29, 0.717) is 13.1 Å². The number of nitrogens with zero attached hydrogens (tertiary/aromatic N) is 2. The Morgan fingerprint density at radius 2 is 1.66 bits per heavy atom. The molecule has 0 unspecified atom stereocenters. The van der Waals surface area contributed by atoms with Crippen LogP contribution in [-0.4, -0.2) is 61.9 Å². The lowest BCUT2D eigenvalue weighted by atomic mass is 10.2. The van der Waals surface area contributed by atoms with E-state index in [0.717, 1.165) is 29.4 Å². The Kier molecular flexibility index (Phi) is 7.41. The lowest BCUT2D eigenvalue weighted by molar-refractivity contribution is -0.151. The van der Waals surface area contributed by atoms with Gasteiger partial charge < -0.3 is 19.3 Å². The van der Waals surface area contributed by atoms with E-state index in [1.165, 1.54) is 11.8 Å². The number of ether oxygens (including phenoxy) is 2. The van der Waals surface area contributed by atoms with E-state index >= 15 is 0 Å². The van der Waals surface area contributed by atoms with Gasteiger partial charge in [-0.3, -0.25) is 9.59 Å². The predicted molar refractivity (Wildman–Crippen MR) is 115 cm³/mol. The Morgan fingerprint density at radius 3 is 2.28 bits per heavy atom. The van der Waals surface area contributed by atoms with E-state index in [1.54, 1.807) is 18.9 Å². The van der Waals surface area contributed by atoms with Crippen molar-refractivity contribution in [2.45, 2.75) is 17.1 Å². The van der Waals surface area contributed by atoms with E-state index in [4.69, 9.17) is 9.47 Å². The molecule has 0 aliphatic carbocycles. The van der Waals surface area contributed by atoms with Crippen molar-refractivity contribution in [3.05, 3.63) is 54.6 Å². The number of esters is 1. The summed E-state index contributed by atoms with van der Waals surface area (Å²) in [5.41, 5.74) is 1.11. The van der Waals surface area contributed by atoms with Gasteiger partial charge in [0, 0.05) is 36.8 Å². The number of benzene rings is 2. The normalized spacial score (nSPS) is 15.0. The van der Waals surface area contributed by atoms with E-state index in [9.17, 15) is 9.59 Å². The molecule has 29 heavy (non-hydrogen) atoms. The molecule has 1 heterocycles. The third kappa shape index (κ3) is 5.90. The molecule has 1 amide bonds. The molecule has 2 aromatic rings. The number of amides is 1. The van der Waals surface area contributed by atoms with Gasteiger partial charge in [0.25, 0.3) is 5.91 Å². The van der Waals surface area contributed by atoms with Crippen LogP contribution in [0, 0.1) is 0 Å². The van der Waals surface area contributed by atoms with Crippen LogP contribution in [0.15, 0.2) is 59.5 Å². The molecule has 1 saturated heterocycles. The second-order valence-electron chi connectivity index (χ2n) is 6.75. The van der Waals surface area contributed by atoms with Crippen LogP contribution in [0.3, 0.4) is 0 Å². The maximum atomic E-state index is 12.4. The Hall–Kier alpha value is -2.67. The molecule has 7 heteroatoms. The lowest BCUT2D eigenvalue weighted by Gasteiger charge is -2.36. The van der Waals surface area contributed by atoms with Crippen molar-refractivity contribution in [3.8, 4) is 5.75 Å². The fraction of sp³-hybridized carbons (Fsp3) is 0.364. The van der Waals surface area contributed by atoms with Crippen LogP contribution in [0.25, 0.3) is 0 Å². The lowest BCUT2D eigenvalue weighted by Crippen LogP contribution is -2.50. The maximum Gasteiger partial charge on any atom is 0.319 e. The van der Waals surface area contributed by atoms with Gasteiger partial charge in [-0.25, -0.2) is 0 Å². The smallest absolute Gasteiger partial charge is 0.319 e. The van der Waals surface area contributed by atoms with Gasteiger partial charge in [0.2, 0.25) is 0 Å². The highest BCUT2D eigenvalue weighted by molar-refractivity contribution is 8.00. The van der Waals surface area contributed by atoms with Crippen molar-refractivity contribution in [1.82, 2.24) is 4.90 Å². The van der Waals surface area contributed by atoms with Crippen LogP contribution in [-0.2, 0) is 14.3 Å². The Morgan fingerprint density at radius 1 is 1.00 bits per heavy atom. The van der Waals surface area contributed by atoms with Gasteiger partial charge in [0.1, 0.15) is 11.0 Å². The predicted octanol–water partition coefficient (Wildman–Crippen LogP) is 3.07. The summed E-state index contributed by atoms with van der Waals surface area (Å²) in [5, 5.41) is -0.364. The van der Waals surface area contributed by atoms with Crippen molar-refractivity contribution in [3.63, 3.8) is 0 Å². The van der Waals surface area contributed by atoms with Gasteiger partial charge in [-0.1, -0.05) is 18.2 Å². The van der Waals surface area contributed by atoms with Gasteiger partial charge in [-0.05, 0) is 43.3 Å². The van der Waals surface area contributed by atoms with Crippen molar-refractivity contribution in [2.75, 3.05) is 44.8 Å². The van der Waals surface area contributed by atoms with Crippen molar-refractivity contribution < 1.29 is 19.1 Å². The molecule has 0 radical (unpaired) electrons. The molecule has 1 atom stereocenters. The topological polar surface area (TPSA) is 59.1 Å². The van der Waals surface area contributed by atoms with Crippen LogP contribution in [0.5, 0.6) is 5.75 Å². The van der Waals surface area contributed by atoms with E-state index in [-0.39, 0.29) is 23.7 Å². The molecule has 2 aromatic carbocycles. The van der Waals surface area contributed by atoms with Gasteiger partial charge >= 0.3 is 5.97 Å². The quantitative estimate of drug-likeness (QED) is 0.513. The number of rotatable bonds is 7. The Labute approximate surface area is 175 Å². The first-order valence-corrected chi connectivity index (χ1v) is 10.5. The van der Waals surface area contributed by atoms with Crippen LogP contribution in [0.1, 0.15) is 6.92 Å². The number of methoxy groups -OCH3 is 1. The number of thioether (sulfide) groups is 1. The molecular weight excluding hydrogens is 388 g/mol. The largest absolute Gasteiger partial charge is 0.497 e. The Balaban J connectivity index is 1.41. The molecule has 0 N–H and O–H groups in total. The third-order valence-corrected chi connectivity index (χ3v) is 5.89. The van der Waals surface area contributed by atoms with Gasteiger partial charge in [-0.2, -0.15) is 0 Å². The van der Waals surface area contributed by atoms with E-state index in [1.807, 2.05) is 54.6 Å². The second-order valence-corrected chi connectivity index (χ2v) is 8.16. The highest BCUT2D eigenvalue weighted by Crippen LogP contribution is 2.23. The number of anilines is 1. The molecule has 0 spiro atoms. The maximum absolute atomic E-state index is 12.4. The fourth-order valence-electron chi connectivity index (χ4n) is 3.10. The highest BCUT2D eigenvalue weighted by Gasteiger charge is 2.23. The molecule has 0 bridgehead atoms. The number of carbonyl (C=O) groups is 2. The van der Waals surface area contributed by atoms with Crippen molar-refractivity contribution in [2.24, 2.45) is 0 Å². The number of carbonyl (C=O) groups excluding carboxylic acids is 2. The van der Waals surface area contributed by atoms with Crippen LogP contribution in [0.4, 0.5) is 5.69 Å². The molecule has 0 aromatic heterocycles. The first kappa shape index (κ1) is 21.0. The molecule has 1 aliphatic heterocycles. The van der Waals surface area contributed by atoms with E-state index < -0.39 is 0 Å². The van der Waals surface area contributed by atoms with Crippen molar-refractivity contribution >= 4 is 29.3 Å². The third-order valence-electron chi connectivity index (χ3n) is 4.80. The minimum absolute atomic E-state index is 0.148. The standard InChI is InChI=1S/C22H26N2O4S/c1-17(29-20-6-4-3-5-7-20)22(26)28-16-21(25)24-14-12-23(13-15-24)18-8-10-19(27-2)11-9-18/h3-11,17H,12-16H2,1-2H3/t17-/m1/s1. The minimum atomic E-state index is -0.371. The van der Waals surface area contributed by atoms with Gasteiger partial charge in [-0.15, -0.1) is 11.8 Å². The first-order chi connectivity index (χ1) is 14.1. The average Bonchev–Trinajstić information content (AvgIpc) is 2.78. The summed E-state index contributed by atoms with van der Waals surface area (Å²) < 4.78 is 10.4. The molecule has 154 valence electrons. The van der Waals surface area contributed by atoms with E-state index in [2.05, 4.69) is 4.90 Å².